The van der Waals surface area contributed by atoms with Gasteiger partial charge in [-0.3, -0.25) is 13.9 Å². The standard InChI is InChI=1S/C32H38FN3O5S/c1-23-12-18-30(19-13-23)42(39,40)36(28-16-14-26(33)15-17-28)22-31(37)35(21-25-8-7-11-29(20-25)41-3)24(2)32(38)34-27-9-5-4-6-10-27/h7-8,11-20,24,27H,4-6,9-10,21-22H2,1-3H3,(H,34,38)/t24-/m0/s1. The Hall–Kier alpha value is -3.92. The largest absolute Gasteiger partial charge is 0.497 e. The Bertz CT molecular complexity index is 1470. The van der Waals surface area contributed by atoms with Gasteiger partial charge in [-0.25, -0.2) is 12.8 Å². The molecule has 8 nitrogen and oxygen atoms in total. The Balaban J connectivity index is 1.68. The molecular formula is C32H38FN3O5S. The van der Waals surface area contributed by atoms with Gasteiger partial charge in [-0.05, 0) is 80.8 Å². The summed E-state index contributed by atoms with van der Waals surface area (Å²) in [5.74, 6) is -0.823. The second-order valence-corrected chi connectivity index (χ2v) is 12.6. The van der Waals surface area contributed by atoms with E-state index in [1.54, 1.807) is 44.4 Å². The zero-order valence-corrected chi connectivity index (χ0v) is 25.1. The third-order valence-corrected chi connectivity index (χ3v) is 9.40. The first-order valence-electron chi connectivity index (χ1n) is 14.2. The van der Waals surface area contributed by atoms with E-state index in [1.807, 2.05) is 13.0 Å². The molecule has 0 bridgehead atoms. The van der Waals surface area contributed by atoms with Crippen molar-refractivity contribution in [1.82, 2.24) is 10.2 Å². The number of carbonyl (C=O) groups excluding carboxylic acids is 2. The molecule has 2 amide bonds. The lowest BCUT2D eigenvalue weighted by molar-refractivity contribution is -0.139. The summed E-state index contributed by atoms with van der Waals surface area (Å²) < 4.78 is 47.8. The summed E-state index contributed by atoms with van der Waals surface area (Å²) in [6, 6.07) is 17.5. The molecule has 3 aromatic carbocycles. The molecule has 1 aliphatic carbocycles. The maximum absolute atomic E-state index is 14.1. The number of halogens is 1. The van der Waals surface area contributed by atoms with E-state index < -0.39 is 34.3 Å². The van der Waals surface area contributed by atoms with Crippen molar-refractivity contribution in [3.8, 4) is 5.75 Å². The van der Waals surface area contributed by atoms with Crippen molar-refractivity contribution in [2.45, 2.75) is 69.5 Å². The van der Waals surface area contributed by atoms with E-state index in [0.717, 1.165) is 59.7 Å². The predicted octanol–water partition coefficient (Wildman–Crippen LogP) is 5.20. The van der Waals surface area contributed by atoms with Crippen LogP contribution < -0.4 is 14.4 Å². The maximum Gasteiger partial charge on any atom is 0.264 e. The second kappa shape index (κ2) is 13.8. The van der Waals surface area contributed by atoms with E-state index in [4.69, 9.17) is 4.74 Å². The van der Waals surface area contributed by atoms with Crippen molar-refractivity contribution in [2.24, 2.45) is 0 Å². The molecule has 42 heavy (non-hydrogen) atoms. The molecular weight excluding hydrogens is 557 g/mol. The molecule has 224 valence electrons. The SMILES string of the molecule is COc1cccc(CN(C(=O)CN(c2ccc(F)cc2)S(=O)(=O)c2ccc(C)cc2)[C@@H](C)C(=O)NC2CCCCC2)c1. The number of hydrogen-bond acceptors (Lipinski definition) is 5. The minimum absolute atomic E-state index is 0.00680. The van der Waals surface area contributed by atoms with Gasteiger partial charge in [0.15, 0.2) is 0 Å². The minimum atomic E-state index is -4.22. The summed E-state index contributed by atoms with van der Waals surface area (Å²) in [4.78, 5) is 28.8. The number of amides is 2. The Morgan fingerprint density at radius 3 is 2.31 bits per heavy atom. The monoisotopic (exact) mass is 595 g/mol. The lowest BCUT2D eigenvalue weighted by Crippen LogP contribution is -2.53. The second-order valence-electron chi connectivity index (χ2n) is 10.7. The number of methoxy groups -OCH3 is 1. The Labute approximate surface area is 247 Å². The van der Waals surface area contributed by atoms with Gasteiger partial charge in [0.05, 0.1) is 17.7 Å². The first kappa shape index (κ1) is 31.0. The van der Waals surface area contributed by atoms with Crippen LogP contribution in [0.15, 0.2) is 77.7 Å². The minimum Gasteiger partial charge on any atom is -0.497 e. The van der Waals surface area contributed by atoms with E-state index >= 15 is 0 Å². The summed E-state index contributed by atoms with van der Waals surface area (Å²) in [5, 5.41) is 3.08. The number of aryl methyl sites for hydroxylation is 1. The lowest BCUT2D eigenvalue weighted by Gasteiger charge is -2.33. The topological polar surface area (TPSA) is 96.0 Å². The van der Waals surface area contributed by atoms with Crippen LogP contribution in [0.4, 0.5) is 10.1 Å². The zero-order valence-electron chi connectivity index (χ0n) is 24.3. The number of anilines is 1. The fourth-order valence-corrected chi connectivity index (χ4v) is 6.51. The van der Waals surface area contributed by atoms with Gasteiger partial charge < -0.3 is 15.0 Å². The highest BCUT2D eigenvalue weighted by atomic mass is 32.2. The number of ether oxygens (including phenoxy) is 1. The van der Waals surface area contributed by atoms with E-state index in [0.29, 0.717) is 5.75 Å². The van der Waals surface area contributed by atoms with Gasteiger partial charge in [0, 0.05) is 12.6 Å². The highest BCUT2D eigenvalue weighted by molar-refractivity contribution is 7.92. The molecule has 0 unspecified atom stereocenters. The molecule has 1 aliphatic rings. The molecule has 0 saturated heterocycles. The average Bonchev–Trinajstić information content (AvgIpc) is 2.99. The lowest BCUT2D eigenvalue weighted by atomic mass is 9.95. The molecule has 0 aromatic heterocycles. The number of benzene rings is 3. The number of nitrogens with one attached hydrogen (secondary N) is 1. The van der Waals surface area contributed by atoms with Crippen molar-refractivity contribution in [3.05, 3.63) is 89.7 Å². The predicted molar refractivity (Wildman–Crippen MR) is 160 cm³/mol. The Kier molecular flexibility index (Phi) is 10.2. The summed E-state index contributed by atoms with van der Waals surface area (Å²) in [6.45, 7) is 2.95. The molecule has 0 spiro atoms. The molecule has 0 aliphatic heterocycles. The Morgan fingerprint density at radius 2 is 1.67 bits per heavy atom. The highest BCUT2D eigenvalue weighted by Gasteiger charge is 2.33. The first-order chi connectivity index (χ1) is 20.1. The van der Waals surface area contributed by atoms with Gasteiger partial charge in [0.25, 0.3) is 10.0 Å². The summed E-state index contributed by atoms with van der Waals surface area (Å²) >= 11 is 0. The zero-order chi connectivity index (χ0) is 30.3. The number of nitrogens with zero attached hydrogens (tertiary/aromatic N) is 2. The summed E-state index contributed by atoms with van der Waals surface area (Å²) in [6.07, 6.45) is 4.98. The molecule has 1 N–H and O–H groups in total. The summed E-state index contributed by atoms with van der Waals surface area (Å²) in [7, 11) is -2.68. The van der Waals surface area contributed by atoms with Crippen LogP contribution in [-0.4, -0.2) is 50.9 Å². The summed E-state index contributed by atoms with van der Waals surface area (Å²) in [5.41, 5.74) is 1.72. The highest BCUT2D eigenvalue weighted by Crippen LogP contribution is 2.26. The van der Waals surface area contributed by atoms with E-state index in [1.165, 1.54) is 29.2 Å². The van der Waals surface area contributed by atoms with Crippen molar-refractivity contribution in [2.75, 3.05) is 18.0 Å². The Morgan fingerprint density at radius 1 is 1.00 bits per heavy atom. The average molecular weight is 596 g/mol. The van der Waals surface area contributed by atoms with Gasteiger partial charge in [-0.15, -0.1) is 0 Å². The third-order valence-electron chi connectivity index (χ3n) is 7.61. The molecule has 1 fully saturated rings. The normalized spacial score (nSPS) is 14.6. The molecule has 10 heteroatoms. The van der Waals surface area contributed by atoms with Crippen LogP contribution in [0.1, 0.15) is 50.2 Å². The van der Waals surface area contributed by atoms with Crippen LogP contribution in [0.2, 0.25) is 0 Å². The smallest absolute Gasteiger partial charge is 0.264 e. The van der Waals surface area contributed by atoms with Gasteiger partial charge in [0.1, 0.15) is 24.2 Å². The van der Waals surface area contributed by atoms with Crippen LogP contribution in [0.3, 0.4) is 0 Å². The van der Waals surface area contributed by atoms with Gasteiger partial charge in [0.2, 0.25) is 11.8 Å². The number of hydrogen-bond donors (Lipinski definition) is 1. The molecule has 0 radical (unpaired) electrons. The molecule has 1 atom stereocenters. The van der Waals surface area contributed by atoms with Crippen LogP contribution >= 0.6 is 0 Å². The van der Waals surface area contributed by atoms with Gasteiger partial charge >= 0.3 is 0 Å². The van der Waals surface area contributed by atoms with Gasteiger partial charge in [-0.1, -0.05) is 49.1 Å². The van der Waals surface area contributed by atoms with Crippen LogP contribution in [0.5, 0.6) is 5.75 Å². The molecule has 4 rings (SSSR count). The van der Waals surface area contributed by atoms with Crippen molar-refractivity contribution < 1.29 is 27.1 Å². The quantitative estimate of drug-likeness (QED) is 0.329. The van der Waals surface area contributed by atoms with Crippen LogP contribution in [-0.2, 0) is 26.2 Å². The number of rotatable bonds is 11. The van der Waals surface area contributed by atoms with Crippen molar-refractivity contribution in [1.29, 1.82) is 0 Å². The molecule has 3 aromatic rings. The first-order valence-corrected chi connectivity index (χ1v) is 15.6. The van der Waals surface area contributed by atoms with Crippen molar-refractivity contribution in [3.63, 3.8) is 0 Å². The maximum atomic E-state index is 14.1. The van der Waals surface area contributed by atoms with Crippen LogP contribution in [0.25, 0.3) is 0 Å². The van der Waals surface area contributed by atoms with E-state index in [-0.39, 0.29) is 29.1 Å². The van der Waals surface area contributed by atoms with E-state index in [2.05, 4.69) is 5.32 Å². The molecule has 1 saturated carbocycles. The number of sulfonamides is 1. The fraction of sp³-hybridized carbons (Fsp3) is 0.375. The third kappa shape index (κ3) is 7.67. The van der Waals surface area contributed by atoms with Crippen LogP contribution in [0, 0.1) is 12.7 Å². The van der Waals surface area contributed by atoms with E-state index in [9.17, 15) is 22.4 Å². The number of carbonyl (C=O) groups is 2. The fourth-order valence-electron chi connectivity index (χ4n) is 5.09. The van der Waals surface area contributed by atoms with Crippen molar-refractivity contribution >= 4 is 27.5 Å². The molecule has 0 heterocycles. The van der Waals surface area contributed by atoms with Gasteiger partial charge in [-0.2, -0.15) is 0 Å².